The second-order valence-corrected chi connectivity index (χ2v) is 17.9. The van der Waals surface area contributed by atoms with Gasteiger partial charge in [0.1, 0.15) is 5.15 Å². The van der Waals surface area contributed by atoms with Gasteiger partial charge < -0.3 is 19.7 Å². The van der Waals surface area contributed by atoms with Crippen molar-refractivity contribution in [1.82, 2.24) is 14.5 Å². The molecular weight excluding hydrogens is 546 g/mol. The first-order valence-electron chi connectivity index (χ1n) is 13.7. The van der Waals surface area contributed by atoms with Gasteiger partial charge in [0.2, 0.25) is 5.95 Å². The summed E-state index contributed by atoms with van der Waals surface area (Å²) in [5.74, 6) is 0.370. The molecule has 2 fully saturated rings. The third kappa shape index (κ3) is 5.01. The van der Waals surface area contributed by atoms with Gasteiger partial charge in [-0.3, -0.25) is 9.36 Å². The Labute approximate surface area is 240 Å². The molecule has 11 heteroatoms. The molecule has 2 N–H and O–H groups in total. The highest BCUT2D eigenvalue weighted by Gasteiger charge is 2.59. The van der Waals surface area contributed by atoms with E-state index in [1.165, 1.54) is 0 Å². The van der Waals surface area contributed by atoms with Crippen LogP contribution >= 0.6 is 11.6 Å². The van der Waals surface area contributed by atoms with E-state index in [1.54, 1.807) is 23.7 Å². The van der Waals surface area contributed by atoms with Crippen molar-refractivity contribution in [3.8, 4) is 0 Å². The molecule has 214 valence electrons. The summed E-state index contributed by atoms with van der Waals surface area (Å²) in [4.78, 5) is 36.6. The number of halogens is 1. The van der Waals surface area contributed by atoms with Crippen LogP contribution in [0.2, 0.25) is 23.3 Å². The van der Waals surface area contributed by atoms with E-state index < -0.39 is 14.3 Å². The predicted octanol–water partition coefficient (Wildman–Crippen LogP) is 5.62. The average molecular weight is 584 g/mol. The van der Waals surface area contributed by atoms with E-state index in [0.717, 1.165) is 24.2 Å². The molecule has 1 aliphatic carbocycles. The number of carboxylic acids is 1. The van der Waals surface area contributed by atoms with E-state index in [4.69, 9.17) is 21.0 Å². The predicted molar refractivity (Wildman–Crippen MR) is 161 cm³/mol. The molecule has 0 bridgehead atoms. The number of anilines is 2. The van der Waals surface area contributed by atoms with Crippen LogP contribution in [0.1, 0.15) is 55.4 Å². The Kier molecular flexibility index (Phi) is 7.04. The molecule has 1 saturated carbocycles. The Morgan fingerprint density at radius 3 is 2.45 bits per heavy atom. The smallest absolute Gasteiger partial charge is 0.356 e. The molecule has 3 aromatic rings. The van der Waals surface area contributed by atoms with Crippen molar-refractivity contribution in [1.29, 1.82) is 0 Å². The number of aromatic carboxylic acids is 1. The number of benzene rings is 1. The highest BCUT2D eigenvalue weighted by atomic mass is 35.5. The minimum Gasteiger partial charge on any atom is -0.476 e. The molecule has 1 aliphatic heterocycles. The second-order valence-electron chi connectivity index (χ2n) is 12.8. The topological polar surface area (TPSA) is 110 Å². The summed E-state index contributed by atoms with van der Waals surface area (Å²) in [7, 11) is -0.0683. The van der Waals surface area contributed by atoms with Gasteiger partial charge in [-0.25, -0.2) is 14.8 Å². The van der Waals surface area contributed by atoms with Crippen molar-refractivity contribution < 1.29 is 14.3 Å². The third-order valence-electron chi connectivity index (χ3n) is 8.87. The van der Waals surface area contributed by atoms with Crippen LogP contribution in [0.5, 0.6) is 0 Å². The first kappa shape index (κ1) is 28.6. The third-order valence-corrected chi connectivity index (χ3v) is 13.6. The molecule has 1 aromatic carbocycles. The zero-order chi connectivity index (χ0) is 29.3. The Morgan fingerprint density at radius 2 is 1.85 bits per heavy atom. The normalized spacial score (nSPS) is 21.4. The molecule has 0 amide bonds. The van der Waals surface area contributed by atoms with Crippen LogP contribution in [-0.2, 0) is 11.5 Å². The summed E-state index contributed by atoms with van der Waals surface area (Å²) < 4.78 is 8.35. The van der Waals surface area contributed by atoms with Gasteiger partial charge in [-0.05, 0) is 55.7 Å². The summed E-state index contributed by atoms with van der Waals surface area (Å²) in [6, 6.07) is 6.64. The van der Waals surface area contributed by atoms with Gasteiger partial charge in [0.25, 0.3) is 5.56 Å². The fourth-order valence-corrected chi connectivity index (χ4v) is 7.04. The lowest BCUT2D eigenvalue weighted by atomic mass is 10.0. The van der Waals surface area contributed by atoms with Gasteiger partial charge in [0, 0.05) is 37.5 Å². The molecule has 40 heavy (non-hydrogen) atoms. The molecule has 2 aromatic heterocycles. The number of piperidine rings is 1. The van der Waals surface area contributed by atoms with Crippen molar-refractivity contribution in [3.05, 3.63) is 56.6 Å². The van der Waals surface area contributed by atoms with Crippen molar-refractivity contribution in [2.24, 2.45) is 18.9 Å². The van der Waals surface area contributed by atoms with Gasteiger partial charge in [-0.1, -0.05) is 38.4 Å². The number of aryl methyl sites for hydroxylation is 1. The molecule has 0 spiro atoms. The largest absolute Gasteiger partial charge is 0.476 e. The lowest BCUT2D eigenvalue weighted by molar-refractivity contribution is 0.0691. The van der Waals surface area contributed by atoms with Crippen molar-refractivity contribution in [2.75, 3.05) is 23.3 Å². The van der Waals surface area contributed by atoms with Crippen LogP contribution < -0.4 is 15.8 Å². The van der Waals surface area contributed by atoms with Crippen LogP contribution in [0.15, 0.2) is 29.1 Å². The molecule has 2 aliphatic rings. The maximum atomic E-state index is 13.6. The molecular formula is C29H38ClN5O4Si. The first-order chi connectivity index (χ1) is 18.6. The van der Waals surface area contributed by atoms with Crippen LogP contribution in [0.25, 0.3) is 10.9 Å². The van der Waals surface area contributed by atoms with Gasteiger partial charge in [-0.15, -0.1) is 0 Å². The Bertz CT molecular complexity index is 1550. The molecule has 0 radical (unpaired) electrons. The number of carbonyl (C=O) groups is 1. The summed E-state index contributed by atoms with van der Waals surface area (Å²) in [6.07, 6.45) is 0.286. The van der Waals surface area contributed by atoms with E-state index in [-0.39, 0.29) is 33.6 Å². The number of carboxylic acid groups (broad SMARTS) is 1. The minimum atomic E-state index is -1.85. The van der Waals surface area contributed by atoms with Crippen LogP contribution in [0.4, 0.5) is 11.6 Å². The molecule has 9 nitrogen and oxygen atoms in total. The number of hydrogen-bond donors (Lipinski definition) is 2. The molecule has 3 unspecified atom stereocenters. The minimum absolute atomic E-state index is 0.104. The van der Waals surface area contributed by atoms with E-state index in [9.17, 15) is 14.7 Å². The lowest BCUT2D eigenvalue weighted by Gasteiger charge is -2.37. The summed E-state index contributed by atoms with van der Waals surface area (Å²) in [5, 5.41) is 13.7. The number of fused-ring (bicyclic) bond motifs is 2. The van der Waals surface area contributed by atoms with Crippen LogP contribution in [-0.4, -0.2) is 53.1 Å². The SMILES string of the molecule is Cc1cc(C(C)Nc2ccc(Cl)nc2C(=O)O)c2nc(N3CC4C(C3)C4O[Si](C)(C)C(C)(C)C)n(C)c(=O)c2c1. The monoisotopic (exact) mass is 583 g/mol. The molecule has 5 rings (SSSR count). The Balaban J connectivity index is 1.45. The second kappa shape index (κ2) is 9.85. The number of hydrogen-bond acceptors (Lipinski definition) is 7. The summed E-state index contributed by atoms with van der Waals surface area (Å²) in [5.41, 5.74) is 2.41. The van der Waals surface area contributed by atoms with Crippen molar-refractivity contribution in [2.45, 2.75) is 64.9 Å². The average Bonchev–Trinajstić information content (AvgIpc) is 3.27. The molecule has 3 heterocycles. The van der Waals surface area contributed by atoms with E-state index in [2.05, 4.69) is 49.1 Å². The number of pyridine rings is 1. The zero-order valence-corrected chi connectivity index (χ0v) is 26.1. The molecule has 3 atom stereocenters. The standard InChI is InChI=1S/C29H38ClN5O4Si/c1-15-11-17(16(2)31-21-9-10-22(30)32-24(21)27(37)38)23-18(12-15)26(36)34(6)28(33-23)35-13-19-20(14-35)25(19)39-40(7,8)29(3,4)5/h9-12,16,19-20,25,31H,13-14H2,1-8H3,(H,37,38). The van der Waals surface area contributed by atoms with Gasteiger partial charge >= 0.3 is 5.97 Å². The number of aromatic nitrogens is 3. The zero-order valence-electron chi connectivity index (χ0n) is 24.4. The fraction of sp³-hybridized carbons (Fsp3) is 0.517. The lowest BCUT2D eigenvalue weighted by Crippen LogP contribution is -2.43. The number of rotatable bonds is 7. The van der Waals surface area contributed by atoms with E-state index >= 15 is 0 Å². The van der Waals surface area contributed by atoms with Gasteiger partial charge in [-0.2, -0.15) is 0 Å². The fourth-order valence-electron chi connectivity index (χ4n) is 5.51. The quantitative estimate of drug-likeness (QED) is 0.272. The Morgan fingerprint density at radius 1 is 1.20 bits per heavy atom. The number of nitrogens with one attached hydrogen (secondary N) is 1. The highest BCUT2D eigenvalue weighted by molar-refractivity contribution is 6.74. The Hall–Kier alpha value is -2.95. The maximum absolute atomic E-state index is 13.6. The summed E-state index contributed by atoms with van der Waals surface area (Å²) in [6.45, 7) is 16.9. The summed E-state index contributed by atoms with van der Waals surface area (Å²) >= 11 is 5.94. The van der Waals surface area contributed by atoms with E-state index in [1.807, 2.05) is 26.0 Å². The van der Waals surface area contributed by atoms with Gasteiger partial charge in [0.05, 0.1) is 28.7 Å². The van der Waals surface area contributed by atoms with Crippen molar-refractivity contribution >= 4 is 48.4 Å². The maximum Gasteiger partial charge on any atom is 0.356 e. The van der Waals surface area contributed by atoms with Gasteiger partial charge in [0.15, 0.2) is 14.0 Å². The molecule has 1 saturated heterocycles. The first-order valence-corrected chi connectivity index (χ1v) is 17.0. The van der Waals surface area contributed by atoms with Crippen LogP contribution in [0, 0.1) is 18.8 Å². The van der Waals surface area contributed by atoms with Crippen molar-refractivity contribution in [3.63, 3.8) is 0 Å². The van der Waals surface area contributed by atoms with E-state index in [0.29, 0.717) is 34.4 Å². The highest BCUT2D eigenvalue weighted by Crippen LogP contribution is 2.52. The number of nitrogens with zero attached hydrogens (tertiary/aromatic N) is 4. The van der Waals surface area contributed by atoms with Crippen LogP contribution in [0.3, 0.4) is 0 Å².